The summed E-state index contributed by atoms with van der Waals surface area (Å²) >= 11 is 0. The Morgan fingerprint density at radius 2 is 2.10 bits per heavy atom. The maximum Gasteiger partial charge on any atom is 0.245 e. The first-order valence-corrected chi connectivity index (χ1v) is 7.43. The highest BCUT2D eigenvalue weighted by molar-refractivity contribution is 5.89. The van der Waals surface area contributed by atoms with Gasteiger partial charge in [0.1, 0.15) is 11.8 Å². The molecule has 1 heterocycles. The summed E-state index contributed by atoms with van der Waals surface area (Å²) in [6.07, 6.45) is 0.839. The number of piperazine rings is 1. The lowest BCUT2D eigenvalue weighted by Crippen LogP contribution is -2.58. The van der Waals surface area contributed by atoms with Crippen molar-refractivity contribution in [2.45, 2.75) is 32.7 Å². The van der Waals surface area contributed by atoms with Gasteiger partial charge in [0.2, 0.25) is 11.8 Å². The molecule has 1 aromatic carbocycles. The molecule has 1 fully saturated rings. The van der Waals surface area contributed by atoms with Gasteiger partial charge in [-0.3, -0.25) is 9.59 Å². The molecule has 0 saturated carbocycles. The Balaban J connectivity index is 2.09. The van der Waals surface area contributed by atoms with E-state index in [0.29, 0.717) is 26.1 Å². The van der Waals surface area contributed by atoms with Crippen LogP contribution in [0.3, 0.4) is 0 Å². The van der Waals surface area contributed by atoms with Crippen LogP contribution in [0.5, 0.6) is 5.75 Å². The zero-order valence-corrected chi connectivity index (χ0v) is 12.6. The highest BCUT2D eigenvalue weighted by Gasteiger charge is 2.35. The molecule has 5 heteroatoms. The number of carbonyl (C=O) groups excluding carboxylic acids is 2. The van der Waals surface area contributed by atoms with Gasteiger partial charge in [-0.05, 0) is 31.0 Å². The fourth-order valence-electron chi connectivity index (χ4n) is 2.79. The molecule has 114 valence electrons. The van der Waals surface area contributed by atoms with Gasteiger partial charge in [0.25, 0.3) is 0 Å². The van der Waals surface area contributed by atoms with Crippen LogP contribution in [-0.4, -0.2) is 52.4 Å². The van der Waals surface area contributed by atoms with Crippen molar-refractivity contribution in [3.8, 4) is 5.75 Å². The van der Waals surface area contributed by atoms with Gasteiger partial charge in [0.05, 0.1) is 6.42 Å². The zero-order valence-electron chi connectivity index (χ0n) is 12.6. The number of likely N-dealkylation sites (N-methyl/N-ethyl adjacent to an activating group) is 1. The van der Waals surface area contributed by atoms with Crippen molar-refractivity contribution in [1.29, 1.82) is 0 Å². The van der Waals surface area contributed by atoms with E-state index >= 15 is 0 Å². The SMILES string of the molecule is CCC1C(=O)N(CC)CCN1C(=O)Cc1cccc(O)c1. The predicted octanol–water partition coefficient (Wildman–Crippen LogP) is 1.40. The van der Waals surface area contributed by atoms with Crippen LogP contribution in [0.2, 0.25) is 0 Å². The lowest BCUT2D eigenvalue weighted by molar-refractivity contribution is -0.151. The number of hydrogen-bond acceptors (Lipinski definition) is 3. The van der Waals surface area contributed by atoms with Gasteiger partial charge >= 0.3 is 0 Å². The Bertz CT molecular complexity index is 530. The summed E-state index contributed by atoms with van der Waals surface area (Å²) in [5, 5.41) is 9.46. The van der Waals surface area contributed by atoms with Crippen molar-refractivity contribution in [3.63, 3.8) is 0 Å². The topological polar surface area (TPSA) is 60.9 Å². The highest BCUT2D eigenvalue weighted by atomic mass is 16.3. The number of amides is 2. The smallest absolute Gasteiger partial charge is 0.245 e. The lowest BCUT2D eigenvalue weighted by atomic mass is 10.1. The largest absolute Gasteiger partial charge is 0.508 e. The second kappa shape index (κ2) is 6.61. The fraction of sp³-hybridized carbons (Fsp3) is 0.500. The Morgan fingerprint density at radius 3 is 2.71 bits per heavy atom. The van der Waals surface area contributed by atoms with Crippen LogP contribution in [0, 0.1) is 0 Å². The summed E-state index contributed by atoms with van der Waals surface area (Å²) in [6.45, 7) is 5.74. The van der Waals surface area contributed by atoms with E-state index in [0.717, 1.165) is 5.56 Å². The van der Waals surface area contributed by atoms with E-state index in [-0.39, 0.29) is 30.0 Å². The second-order valence-corrected chi connectivity index (χ2v) is 5.28. The van der Waals surface area contributed by atoms with Gasteiger partial charge in [-0.15, -0.1) is 0 Å². The zero-order chi connectivity index (χ0) is 15.4. The molecule has 1 aliphatic rings. The molecular weight excluding hydrogens is 268 g/mol. The van der Waals surface area contributed by atoms with Crippen molar-refractivity contribution in [3.05, 3.63) is 29.8 Å². The van der Waals surface area contributed by atoms with Crippen LogP contribution in [0.15, 0.2) is 24.3 Å². The minimum absolute atomic E-state index is 0.0375. The Morgan fingerprint density at radius 1 is 1.33 bits per heavy atom. The summed E-state index contributed by atoms with van der Waals surface area (Å²) < 4.78 is 0. The standard InChI is InChI=1S/C16H22N2O3/c1-3-14-16(21)17(4-2)8-9-18(14)15(20)11-12-6-5-7-13(19)10-12/h5-7,10,14,19H,3-4,8-9,11H2,1-2H3. The molecule has 1 saturated heterocycles. The molecule has 1 atom stereocenters. The van der Waals surface area contributed by atoms with Crippen LogP contribution in [-0.2, 0) is 16.0 Å². The first-order chi connectivity index (χ1) is 10.1. The molecular formula is C16H22N2O3. The van der Waals surface area contributed by atoms with E-state index in [9.17, 15) is 14.7 Å². The Hall–Kier alpha value is -2.04. The summed E-state index contributed by atoms with van der Waals surface area (Å²) in [7, 11) is 0. The van der Waals surface area contributed by atoms with E-state index in [4.69, 9.17) is 0 Å². The minimum Gasteiger partial charge on any atom is -0.508 e. The molecule has 1 aliphatic heterocycles. The molecule has 2 rings (SSSR count). The number of nitrogens with zero attached hydrogens (tertiary/aromatic N) is 2. The van der Waals surface area contributed by atoms with E-state index < -0.39 is 0 Å². The van der Waals surface area contributed by atoms with Gasteiger partial charge in [-0.1, -0.05) is 19.1 Å². The van der Waals surface area contributed by atoms with Gasteiger partial charge in [0.15, 0.2) is 0 Å². The number of phenols is 1. The van der Waals surface area contributed by atoms with E-state index in [2.05, 4.69) is 0 Å². The van der Waals surface area contributed by atoms with Crippen molar-refractivity contribution >= 4 is 11.8 Å². The molecule has 0 spiro atoms. The molecule has 0 aromatic heterocycles. The van der Waals surface area contributed by atoms with E-state index in [1.54, 1.807) is 28.0 Å². The number of phenolic OH excluding ortho intramolecular Hbond substituents is 1. The first kappa shape index (κ1) is 15.4. The van der Waals surface area contributed by atoms with Crippen LogP contribution < -0.4 is 0 Å². The monoisotopic (exact) mass is 290 g/mol. The minimum atomic E-state index is -0.358. The summed E-state index contributed by atoms with van der Waals surface area (Å²) in [5.74, 6) is 0.131. The normalized spacial score (nSPS) is 19.0. The van der Waals surface area contributed by atoms with Crippen molar-refractivity contribution in [2.75, 3.05) is 19.6 Å². The summed E-state index contributed by atoms with van der Waals surface area (Å²) in [5.41, 5.74) is 0.764. The van der Waals surface area contributed by atoms with Crippen LogP contribution >= 0.6 is 0 Å². The van der Waals surface area contributed by atoms with Crippen molar-refractivity contribution in [2.24, 2.45) is 0 Å². The predicted molar refractivity (Wildman–Crippen MR) is 79.9 cm³/mol. The fourth-order valence-corrected chi connectivity index (χ4v) is 2.79. The average Bonchev–Trinajstić information content (AvgIpc) is 2.46. The molecule has 1 aromatic rings. The third-order valence-electron chi connectivity index (χ3n) is 3.94. The number of benzene rings is 1. The van der Waals surface area contributed by atoms with Crippen LogP contribution in [0.25, 0.3) is 0 Å². The van der Waals surface area contributed by atoms with Gasteiger partial charge < -0.3 is 14.9 Å². The average molecular weight is 290 g/mol. The quantitative estimate of drug-likeness (QED) is 0.912. The Kier molecular flexibility index (Phi) is 4.83. The molecule has 1 unspecified atom stereocenters. The lowest BCUT2D eigenvalue weighted by Gasteiger charge is -2.40. The van der Waals surface area contributed by atoms with Crippen molar-refractivity contribution < 1.29 is 14.7 Å². The number of carbonyl (C=O) groups is 2. The first-order valence-electron chi connectivity index (χ1n) is 7.43. The van der Waals surface area contributed by atoms with Crippen LogP contribution in [0.4, 0.5) is 0 Å². The van der Waals surface area contributed by atoms with Gasteiger partial charge in [-0.25, -0.2) is 0 Å². The third-order valence-corrected chi connectivity index (χ3v) is 3.94. The van der Waals surface area contributed by atoms with Crippen LogP contribution in [0.1, 0.15) is 25.8 Å². The molecule has 2 amide bonds. The molecule has 1 N–H and O–H groups in total. The van der Waals surface area contributed by atoms with E-state index in [1.165, 1.54) is 0 Å². The number of rotatable bonds is 4. The molecule has 0 aliphatic carbocycles. The highest BCUT2D eigenvalue weighted by Crippen LogP contribution is 2.17. The number of hydrogen-bond donors (Lipinski definition) is 1. The third kappa shape index (κ3) is 3.35. The maximum atomic E-state index is 12.5. The second-order valence-electron chi connectivity index (χ2n) is 5.28. The molecule has 0 bridgehead atoms. The molecule has 5 nitrogen and oxygen atoms in total. The van der Waals surface area contributed by atoms with Gasteiger partial charge in [0, 0.05) is 19.6 Å². The van der Waals surface area contributed by atoms with Gasteiger partial charge in [-0.2, -0.15) is 0 Å². The summed E-state index contributed by atoms with van der Waals surface area (Å²) in [6, 6.07) is 6.33. The summed E-state index contributed by atoms with van der Waals surface area (Å²) in [4.78, 5) is 28.2. The van der Waals surface area contributed by atoms with E-state index in [1.807, 2.05) is 19.9 Å². The number of aromatic hydroxyl groups is 1. The maximum absolute atomic E-state index is 12.5. The molecule has 0 radical (unpaired) electrons. The Labute approximate surface area is 125 Å². The molecule has 21 heavy (non-hydrogen) atoms. The van der Waals surface area contributed by atoms with Crippen molar-refractivity contribution in [1.82, 2.24) is 9.80 Å².